The van der Waals surface area contributed by atoms with Crippen LogP contribution in [0.3, 0.4) is 0 Å². The lowest BCUT2D eigenvalue weighted by atomic mass is 9.46. The lowest BCUT2D eigenvalue weighted by molar-refractivity contribution is -0.109. The topological polar surface area (TPSA) is 17.1 Å². The van der Waals surface area contributed by atoms with E-state index in [1.54, 1.807) is 0 Å². The minimum atomic E-state index is 0.379. The maximum absolute atomic E-state index is 10.8. The summed E-state index contributed by atoms with van der Waals surface area (Å²) in [5.74, 6) is 1.97. The monoisotopic (exact) mass is 164 g/mol. The first-order valence-electron chi connectivity index (χ1n) is 4.74. The van der Waals surface area contributed by atoms with Gasteiger partial charge in [-0.2, -0.15) is 0 Å². The van der Waals surface area contributed by atoms with Gasteiger partial charge in [0.15, 0.2) is 0 Å². The molecule has 3 aliphatic rings. The van der Waals surface area contributed by atoms with Crippen molar-refractivity contribution in [3.63, 3.8) is 0 Å². The molecule has 2 bridgehead atoms. The molecule has 3 rings (SSSR count). The van der Waals surface area contributed by atoms with Crippen LogP contribution in [0.5, 0.6) is 0 Å². The molecule has 0 saturated heterocycles. The Balaban J connectivity index is 2.36. The van der Waals surface area contributed by atoms with Crippen LogP contribution in [0.2, 0.25) is 0 Å². The van der Waals surface area contributed by atoms with Crippen molar-refractivity contribution in [3.05, 3.63) is 11.6 Å². The molecule has 0 N–H and O–H groups in total. The lowest BCUT2D eigenvalue weighted by Crippen LogP contribution is -2.51. The number of hydrogen-bond acceptors (Lipinski definition) is 1. The molecule has 12 heavy (non-hydrogen) atoms. The smallest absolute Gasteiger partial charge is 0.146 e. The van der Waals surface area contributed by atoms with Gasteiger partial charge in [0.25, 0.3) is 0 Å². The number of allylic oxidation sites excluding steroid dienone is 2. The van der Waals surface area contributed by atoms with Crippen LogP contribution in [-0.4, -0.2) is 6.29 Å². The molecule has 3 aliphatic carbocycles. The fourth-order valence-corrected chi connectivity index (χ4v) is 3.07. The zero-order valence-electron chi connectivity index (χ0n) is 8.00. The van der Waals surface area contributed by atoms with Gasteiger partial charge in [-0.1, -0.05) is 26.8 Å². The second-order valence-corrected chi connectivity index (χ2v) is 4.86. The van der Waals surface area contributed by atoms with E-state index in [1.165, 1.54) is 6.42 Å². The van der Waals surface area contributed by atoms with Crippen LogP contribution in [0.4, 0.5) is 0 Å². The minimum absolute atomic E-state index is 0.379. The van der Waals surface area contributed by atoms with Crippen molar-refractivity contribution in [2.75, 3.05) is 0 Å². The Hall–Kier alpha value is -0.590. The van der Waals surface area contributed by atoms with Gasteiger partial charge in [0.05, 0.1) is 0 Å². The zero-order valence-corrected chi connectivity index (χ0v) is 8.00. The summed E-state index contributed by atoms with van der Waals surface area (Å²) in [7, 11) is 0. The van der Waals surface area contributed by atoms with Crippen LogP contribution in [0.1, 0.15) is 27.2 Å². The Labute approximate surface area is 73.8 Å². The number of carbonyl (C=O) groups excluding carboxylic acids is 1. The van der Waals surface area contributed by atoms with E-state index in [9.17, 15) is 4.79 Å². The number of hydrogen-bond donors (Lipinski definition) is 0. The summed E-state index contributed by atoms with van der Waals surface area (Å²) in [6, 6.07) is 0. The SMILES string of the molecule is CC1C=C(C=O)C2CC1C2(C)C. The average Bonchev–Trinajstić information content (AvgIpc) is 2.02. The van der Waals surface area contributed by atoms with Crippen molar-refractivity contribution in [3.8, 4) is 0 Å². The van der Waals surface area contributed by atoms with E-state index < -0.39 is 0 Å². The molecule has 0 aliphatic heterocycles. The molecule has 1 saturated carbocycles. The largest absolute Gasteiger partial charge is 0.298 e. The van der Waals surface area contributed by atoms with Gasteiger partial charge in [0, 0.05) is 0 Å². The number of fused-ring (bicyclic) bond motifs is 1. The Kier molecular flexibility index (Phi) is 1.48. The molecule has 1 fully saturated rings. The summed E-state index contributed by atoms with van der Waals surface area (Å²) in [5.41, 5.74) is 1.43. The first-order chi connectivity index (χ1) is 5.57. The number of carbonyl (C=O) groups is 1. The van der Waals surface area contributed by atoms with Crippen molar-refractivity contribution in [1.29, 1.82) is 0 Å². The van der Waals surface area contributed by atoms with Crippen LogP contribution in [0.15, 0.2) is 11.6 Å². The van der Waals surface area contributed by atoms with Crippen LogP contribution in [0.25, 0.3) is 0 Å². The highest BCUT2D eigenvalue weighted by molar-refractivity contribution is 5.75. The van der Waals surface area contributed by atoms with Gasteiger partial charge in [-0.05, 0) is 35.2 Å². The average molecular weight is 164 g/mol. The van der Waals surface area contributed by atoms with Gasteiger partial charge in [-0.3, -0.25) is 4.79 Å². The van der Waals surface area contributed by atoms with Crippen LogP contribution in [0, 0.1) is 23.2 Å². The normalized spacial score (nSPS) is 42.9. The van der Waals surface area contributed by atoms with E-state index in [4.69, 9.17) is 0 Å². The van der Waals surface area contributed by atoms with Gasteiger partial charge >= 0.3 is 0 Å². The van der Waals surface area contributed by atoms with Gasteiger partial charge in [-0.25, -0.2) is 0 Å². The van der Waals surface area contributed by atoms with Crippen molar-refractivity contribution in [2.24, 2.45) is 23.2 Å². The fourth-order valence-electron chi connectivity index (χ4n) is 3.07. The standard InChI is InChI=1S/C11H16O/c1-7-4-8(6-12)10-5-9(7)11(10,2)3/h4,6-7,9-10H,5H2,1-3H3. The van der Waals surface area contributed by atoms with Crippen molar-refractivity contribution < 1.29 is 4.79 Å². The molecule has 3 atom stereocenters. The van der Waals surface area contributed by atoms with Gasteiger partial charge in [-0.15, -0.1) is 0 Å². The summed E-state index contributed by atoms with van der Waals surface area (Å²) in [6.07, 6.45) is 4.45. The number of rotatable bonds is 1. The Bertz CT molecular complexity index is 250. The third-order valence-electron chi connectivity index (χ3n) is 3.97. The van der Waals surface area contributed by atoms with E-state index in [0.29, 0.717) is 17.3 Å². The van der Waals surface area contributed by atoms with E-state index in [0.717, 1.165) is 17.8 Å². The molecule has 0 amide bonds. The van der Waals surface area contributed by atoms with Gasteiger partial charge in [0.1, 0.15) is 6.29 Å². The molecule has 3 unspecified atom stereocenters. The molecular formula is C11H16O. The predicted molar refractivity (Wildman–Crippen MR) is 48.7 cm³/mol. The van der Waals surface area contributed by atoms with E-state index in [-0.39, 0.29) is 0 Å². The summed E-state index contributed by atoms with van der Waals surface area (Å²) in [6.45, 7) is 6.81. The number of aldehydes is 1. The molecule has 0 aromatic carbocycles. The highest BCUT2D eigenvalue weighted by atomic mass is 16.1. The molecule has 0 heterocycles. The van der Waals surface area contributed by atoms with Gasteiger partial charge in [0.2, 0.25) is 0 Å². The molecule has 0 aromatic rings. The molecule has 0 aromatic heterocycles. The molecule has 66 valence electrons. The van der Waals surface area contributed by atoms with Crippen molar-refractivity contribution >= 4 is 6.29 Å². The lowest BCUT2D eigenvalue weighted by Gasteiger charge is -2.58. The van der Waals surface area contributed by atoms with Crippen molar-refractivity contribution in [1.82, 2.24) is 0 Å². The van der Waals surface area contributed by atoms with Crippen LogP contribution < -0.4 is 0 Å². The predicted octanol–water partition coefficient (Wildman–Crippen LogP) is 2.42. The third-order valence-corrected chi connectivity index (χ3v) is 3.97. The zero-order chi connectivity index (χ0) is 8.93. The Morgan fingerprint density at radius 1 is 1.58 bits per heavy atom. The Morgan fingerprint density at radius 2 is 2.25 bits per heavy atom. The summed E-state index contributed by atoms with van der Waals surface area (Å²) >= 11 is 0. The molecule has 0 spiro atoms. The van der Waals surface area contributed by atoms with E-state index in [1.807, 2.05) is 0 Å². The Morgan fingerprint density at radius 3 is 2.67 bits per heavy atom. The fraction of sp³-hybridized carbons (Fsp3) is 0.727. The quantitative estimate of drug-likeness (QED) is 0.544. The van der Waals surface area contributed by atoms with Crippen LogP contribution in [-0.2, 0) is 4.79 Å². The molecule has 1 nitrogen and oxygen atoms in total. The van der Waals surface area contributed by atoms with E-state index >= 15 is 0 Å². The maximum Gasteiger partial charge on any atom is 0.146 e. The maximum atomic E-state index is 10.8. The summed E-state index contributed by atoms with van der Waals surface area (Å²) < 4.78 is 0. The molecule has 1 heteroatoms. The highest BCUT2D eigenvalue weighted by Gasteiger charge is 2.53. The second-order valence-electron chi connectivity index (χ2n) is 4.86. The van der Waals surface area contributed by atoms with Crippen LogP contribution >= 0.6 is 0 Å². The molecular weight excluding hydrogens is 148 g/mol. The minimum Gasteiger partial charge on any atom is -0.298 e. The highest BCUT2D eigenvalue weighted by Crippen LogP contribution is 2.60. The first kappa shape index (κ1) is 8.03. The van der Waals surface area contributed by atoms with E-state index in [2.05, 4.69) is 26.8 Å². The summed E-state index contributed by atoms with van der Waals surface area (Å²) in [4.78, 5) is 10.8. The second kappa shape index (κ2) is 2.21. The molecule has 0 radical (unpaired) electrons. The van der Waals surface area contributed by atoms with Crippen molar-refractivity contribution in [2.45, 2.75) is 27.2 Å². The first-order valence-corrected chi connectivity index (χ1v) is 4.74. The van der Waals surface area contributed by atoms with Gasteiger partial charge < -0.3 is 0 Å². The summed E-state index contributed by atoms with van der Waals surface area (Å²) in [5, 5.41) is 0. The third kappa shape index (κ3) is 0.769.